The number of unbranched alkanes of at least 4 members (excludes halogenated alkanes) is 1. The molecule has 1 unspecified atom stereocenters. The minimum Gasteiger partial charge on any atom is -0.493 e. The summed E-state index contributed by atoms with van der Waals surface area (Å²) in [4.78, 5) is 0. The summed E-state index contributed by atoms with van der Waals surface area (Å²) in [7, 11) is -3.08. The lowest BCUT2D eigenvalue weighted by molar-refractivity contribution is 0.180. The molecule has 0 aromatic heterocycles. The highest BCUT2D eigenvalue weighted by Crippen LogP contribution is 2.21. The lowest BCUT2D eigenvalue weighted by atomic mass is 10.0. The molecule has 1 aromatic rings. The van der Waals surface area contributed by atoms with Gasteiger partial charge < -0.3 is 4.74 Å². The van der Waals surface area contributed by atoms with Crippen LogP contribution in [0.5, 0.6) is 5.75 Å². The molecule has 1 aliphatic rings. The monoisotopic (exact) mass is 311 g/mol. The number of ether oxygens (including phenoxy) is 1. The predicted molar refractivity (Wildman–Crippen MR) is 84.9 cm³/mol. The standard InChI is InChI=1S/C16H25NO3S/c1-2-3-12-21(18,19)17-11-7-8-15(13-17)14-20-16-9-5-4-6-10-16/h4-6,9-10,15H,2-3,7-8,11-14H2,1H3. The number of piperidine rings is 1. The SMILES string of the molecule is CCCCS(=O)(=O)N1CCCC(COc2ccccc2)C1. The molecule has 1 saturated heterocycles. The molecule has 21 heavy (non-hydrogen) atoms. The second-order valence-corrected chi connectivity index (χ2v) is 7.75. The highest BCUT2D eigenvalue weighted by atomic mass is 32.2. The number of para-hydroxylation sites is 1. The first kappa shape index (κ1) is 16.3. The summed E-state index contributed by atoms with van der Waals surface area (Å²) in [5.41, 5.74) is 0. The summed E-state index contributed by atoms with van der Waals surface area (Å²) in [6.07, 6.45) is 3.61. The molecule has 0 spiro atoms. The third kappa shape index (κ3) is 5.00. The lowest BCUT2D eigenvalue weighted by Crippen LogP contribution is -2.42. The Hall–Kier alpha value is -1.07. The van der Waals surface area contributed by atoms with Gasteiger partial charge in [0.2, 0.25) is 10.0 Å². The molecular weight excluding hydrogens is 286 g/mol. The van der Waals surface area contributed by atoms with Crippen molar-refractivity contribution >= 4 is 10.0 Å². The van der Waals surface area contributed by atoms with E-state index in [1.807, 2.05) is 37.3 Å². The van der Waals surface area contributed by atoms with Crippen molar-refractivity contribution in [2.75, 3.05) is 25.4 Å². The maximum Gasteiger partial charge on any atom is 0.214 e. The van der Waals surface area contributed by atoms with Crippen molar-refractivity contribution < 1.29 is 13.2 Å². The van der Waals surface area contributed by atoms with E-state index in [1.165, 1.54) is 0 Å². The fourth-order valence-electron chi connectivity index (χ4n) is 2.60. The second kappa shape index (κ2) is 7.80. The molecule has 1 aliphatic heterocycles. The first-order valence-corrected chi connectivity index (χ1v) is 9.38. The van der Waals surface area contributed by atoms with Crippen LogP contribution in [-0.4, -0.2) is 38.2 Å². The van der Waals surface area contributed by atoms with Crippen LogP contribution in [0.25, 0.3) is 0 Å². The molecule has 2 rings (SSSR count). The van der Waals surface area contributed by atoms with Gasteiger partial charge in [0.25, 0.3) is 0 Å². The van der Waals surface area contributed by atoms with E-state index >= 15 is 0 Å². The summed E-state index contributed by atoms with van der Waals surface area (Å²) >= 11 is 0. The van der Waals surface area contributed by atoms with Gasteiger partial charge in [0, 0.05) is 19.0 Å². The normalized spacial score (nSPS) is 20.3. The average molecular weight is 311 g/mol. The maximum absolute atomic E-state index is 12.2. The van der Waals surface area contributed by atoms with Gasteiger partial charge in [-0.1, -0.05) is 31.5 Å². The number of hydrogen-bond acceptors (Lipinski definition) is 3. The molecule has 4 nitrogen and oxygen atoms in total. The molecule has 1 atom stereocenters. The van der Waals surface area contributed by atoms with Crippen molar-refractivity contribution in [1.29, 1.82) is 0 Å². The van der Waals surface area contributed by atoms with E-state index in [4.69, 9.17) is 4.74 Å². The summed E-state index contributed by atoms with van der Waals surface area (Å²) in [6, 6.07) is 9.70. The second-order valence-electron chi connectivity index (χ2n) is 5.66. The first-order chi connectivity index (χ1) is 10.1. The van der Waals surface area contributed by atoms with Gasteiger partial charge in [0.05, 0.1) is 12.4 Å². The molecule has 0 amide bonds. The van der Waals surface area contributed by atoms with Crippen LogP contribution in [0.1, 0.15) is 32.6 Å². The van der Waals surface area contributed by atoms with Crippen molar-refractivity contribution in [1.82, 2.24) is 4.31 Å². The zero-order valence-electron chi connectivity index (χ0n) is 12.7. The molecule has 0 aliphatic carbocycles. The topological polar surface area (TPSA) is 46.6 Å². The number of nitrogens with zero attached hydrogens (tertiary/aromatic N) is 1. The quantitative estimate of drug-likeness (QED) is 0.778. The minimum absolute atomic E-state index is 0.274. The van der Waals surface area contributed by atoms with Crippen molar-refractivity contribution in [3.8, 4) is 5.75 Å². The van der Waals surface area contributed by atoms with E-state index in [0.29, 0.717) is 19.7 Å². The number of hydrogen-bond donors (Lipinski definition) is 0. The Morgan fingerprint density at radius 3 is 2.76 bits per heavy atom. The molecule has 0 radical (unpaired) electrons. The molecule has 1 fully saturated rings. The van der Waals surface area contributed by atoms with Crippen LogP contribution >= 0.6 is 0 Å². The van der Waals surface area contributed by atoms with Gasteiger partial charge in [0.15, 0.2) is 0 Å². The maximum atomic E-state index is 12.2. The Labute approximate surface area is 128 Å². The average Bonchev–Trinajstić information content (AvgIpc) is 2.52. The summed E-state index contributed by atoms with van der Waals surface area (Å²) in [6.45, 7) is 3.86. The van der Waals surface area contributed by atoms with Crippen LogP contribution in [-0.2, 0) is 10.0 Å². The summed E-state index contributed by atoms with van der Waals surface area (Å²) in [5.74, 6) is 1.41. The van der Waals surface area contributed by atoms with Gasteiger partial charge in [-0.25, -0.2) is 12.7 Å². The predicted octanol–water partition coefficient (Wildman–Crippen LogP) is 2.91. The molecule has 118 valence electrons. The van der Waals surface area contributed by atoms with Crippen LogP contribution in [0.2, 0.25) is 0 Å². The lowest BCUT2D eigenvalue weighted by Gasteiger charge is -2.31. The van der Waals surface area contributed by atoms with Crippen molar-refractivity contribution in [2.24, 2.45) is 5.92 Å². The van der Waals surface area contributed by atoms with Gasteiger partial charge in [-0.15, -0.1) is 0 Å². The van der Waals surface area contributed by atoms with Gasteiger partial charge >= 0.3 is 0 Å². The summed E-state index contributed by atoms with van der Waals surface area (Å²) in [5, 5.41) is 0. The molecule has 0 saturated carbocycles. The smallest absolute Gasteiger partial charge is 0.214 e. The Balaban J connectivity index is 1.86. The van der Waals surface area contributed by atoms with Gasteiger partial charge in [-0.2, -0.15) is 0 Å². The van der Waals surface area contributed by atoms with Crippen molar-refractivity contribution in [3.63, 3.8) is 0 Å². The van der Waals surface area contributed by atoms with E-state index < -0.39 is 10.0 Å². The van der Waals surface area contributed by atoms with Crippen molar-refractivity contribution in [2.45, 2.75) is 32.6 Å². The summed E-state index contributed by atoms with van der Waals surface area (Å²) < 4.78 is 31.9. The molecular formula is C16H25NO3S. The van der Waals surface area contributed by atoms with Crippen LogP contribution in [0.3, 0.4) is 0 Å². The number of rotatable bonds is 7. The van der Waals surface area contributed by atoms with Crippen LogP contribution in [0, 0.1) is 5.92 Å². The zero-order valence-corrected chi connectivity index (χ0v) is 13.5. The minimum atomic E-state index is -3.08. The van der Waals surface area contributed by atoms with E-state index in [1.54, 1.807) is 4.31 Å². The molecule has 0 bridgehead atoms. The zero-order chi connectivity index (χ0) is 15.1. The molecule has 1 aromatic carbocycles. The van der Waals surface area contributed by atoms with Gasteiger partial charge in [-0.05, 0) is 31.4 Å². The molecule has 0 N–H and O–H groups in total. The highest BCUT2D eigenvalue weighted by Gasteiger charge is 2.28. The Bertz CT molecular complexity index is 516. The molecule has 5 heteroatoms. The fourth-order valence-corrected chi connectivity index (χ4v) is 4.36. The van der Waals surface area contributed by atoms with E-state index in [-0.39, 0.29) is 11.7 Å². The van der Waals surface area contributed by atoms with Gasteiger partial charge in [-0.3, -0.25) is 0 Å². The number of benzene rings is 1. The third-order valence-electron chi connectivity index (χ3n) is 3.86. The highest BCUT2D eigenvalue weighted by molar-refractivity contribution is 7.89. The molecule has 1 heterocycles. The van der Waals surface area contributed by atoms with E-state index in [9.17, 15) is 8.42 Å². The van der Waals surface area contributed by atoms with E-state index in [0.717, 1.165) is 31.4 Å². The van der Waals surface area contributed by atoms with Crippen LogP contribution < -0.4 is 4.74 Å². The van der Waals surface area contributed by atoms with Crippen molar-refractivity contribution in [3.05, 3.63) is 30.3 Å². The fraction of sp³-hybridized carbons (Fsp3) is 0.625. The first-order valence-electron chi connectivity index (χ1n) is 7.77. The van der Waals surface area contributed by atoms with E-state index in [2.05, 4.69) is 0 Å². The third-order valence-corrected chi connectivity index (χ3v) is 5.78. The Morgan fingerprint density at radius 2 is 2.05 bits per heavy atom. The van der Waals surface area contributed by atoms with Crippen LogP contribution in [0.4, 0.5) is 0 Å². The Morgan fingerprint density at radius 1 is 1.29 bits per heavy atom. The van der Waals surface area contributed by atoms with Gasteiger partial charge in [0.1, 0.15) is 5.75 Å². The van der Waals surface area contributed by atoms with Crippen LogP contribution in [0.15, 0.2) is 30.3 Å². The largest absolute Gasteiger partial charge is 0.493 e. The number of sulfonamides is 1. The Kier molecular flexibility index (Phi) is 6.06.